The van der Waals surface area contributed by atoms with Gasteiger partial charge in [0.2, 0.25) is 0 Å². The second kappa shape index (κ2) is 9.28. The Morgan fingerprint density at radius 1 is 0.900 bits per heavy atom. The van der Waals surface area contributed by atoms with E-state index in [1.807, 2.05) is 54.3 Å². The Labute approximate surface area is 175 Å². The fourth-order valence-corrected chi connectivity index (χ4v) is 3.33. The molecule has 1 amide bonds. The molecule has 0 bridgehead atoms. The fraction of sp³-hybridized carbons (Fsp3) is 0.217. The van der Waals surface area contributed by atoms with Crippen LogP contribution in [0.1, 0.15) is 15.9 Å². The smallest absolute Gasteiger partial charge is 0.254 e. The number of nitrogens with zero attached hydrogens (tertiary/aromatic N) is 5. The molecule has 0 unspecified atom stereocenters. The standard InChI is InChI=1S/C23H20N6O/c1-17-4-2-3-5-21(17)23(30)29-12-10-28(11-13-29)20-8-6-19(7-9-20)27-22(16-26)18(14-24)15-25/h2-9,27H,10-13H2,1H3. The quantitative estimate of drug-likeness (QED) is 0.796. The number of hydrogen-bond donors (Lipinski definition) is 1. The van der Waals surface area contributed by atoms with Gasteiger partial charge in [0, 0.05) is 43.1 Å². The van der Waals surface area contributed by atoms with Gasteiger partial charge in [-0.15, -0.1) is 0 Å². The Kier molecular flexibility index (Phi) is 6.33. The summed E-state index contributed by atoms with van der Waals surface area (Å²) in [5.41, 5.74) is 3.03. The Bertz CT molecular complexity index is 1070. The van der Waals surface area contributed by atoms with Gasteiger partial charge in [0.05, 0.1) is 0 Å². The van der Waals surface area contributed by atoms with Crippen molar-refractivity contribution in [3.05, 3.63) is 70.9 Å². The van der Waals surface area contributed by atoms with E-state index >= 15 is 0 Å². The van der Waals surface area contributed by atoms with E-state index in [0.29, 0.717) is 18.8 Å². The van der Waals surface area contributed by atoms with Crippen molar-refractivity contribution >= 4 is 17.3 Å². The predicted octanol–water partition coefficient (Wildman–Crippen LogP) is 3.19. The molecule has 1 fully saturated rings. The highest BCUT2D eigenvalue weighted by Gasteiger charge is 2.23. The van der Waals surface area contributed by atoms with Crippen LogP contribution in [0.25, 0.3) is 0 Å². The maximum absolute atomic E-state index is 12.8. The van der Waals surface area contributed by atoms with Crippen LogP contribution in [0.5, 0.6) is 0 Å². The minimum Gasteiger partial charge on any atom is -0.368 e. The molecule has 7 heteroatoms. The van der Waals surface area contributed by atoms with Gasteiger partial charge in [-0.2, -0.15) is 15.8 Å². The number of nitrogens with one attached hydrogen (secondary N) is 1. The Morgan fingerprint density at radius 2 is 1.53 bits per heavy atom. The van der Waals surface area contributed by atoms with Crippen LogP contribution < -0.4 is 10.2 Å². The van der Waals surface area contributed by atoms with Crippen LogP contribution in [0, 0.1) is 40.9 Å². The van der Waals surface area contributed by atoms with Crippen molar-refractivity contribution in [1.82, 2.24) is 4.90 Å². The maximum atomic E-state index is 12.8. The van der Waals surface area contributed by atoms with Gasteiger partial charge >= 0.3 is 0 Å². The number of nitriles is 3. The lowest BCUT2D eigenvalue weighted by molar-refractivity contribution is 0.0746. The molecule has 1 aliphatic rings. The molecule has 2 aromatic carbocycles. The van der Waals surface area contributed by atoms with Gasteiger partial charge in [0.1, 0.15) is 23.9 Å². The molecule has 2 aromatic rings. The van der Waals surface area contributed by atoms with Gasteiger partial charge in [0.15, 0.2) is 5.57 Å². The zero-order valence-electron chi connectivity index (χ0n) is 16.6. The molecule has 7 nitrogen and oxygen atoms in total. The summed E-state index contributed by atoms with van der Waals surface area (Å²) in [6.45, 7) is 4.67. The number of allylic oxidation sites excluding steroid dienone is 2. The Balaban J connectivity index is 1.63. The number of benzene rings is 2. The first-order valence-corrected chi connectivity index (χ1v) is 9.49. The lowest BCUT2D eigenvalue weighted by atomic mass is 10.1. The van der Waals surface area contributed by atoms with Gasteiger partial charge in [-0.1, -0.05) is 18.2 Å². The summed E-state index contributed by atoms with van der Waals surface area (Å²) in [5, 5.41) is 29.8. The van der Waals surface area contributed by atoms with Crippen molar-refractivity contribution in [1.29, 1.82) is 15.8 Å². The van der Waals surface area contributed by atoms with E-state index in [1.54, 1.807) is 24.3 Å². The fourth-order valence-electron chi connectivity index (χ4n) is 3.33. The molecule has 0 saturated carbocycles. The summed E-state index contributed by atoms with van der Waals surface area (Å²) >= 11 is 0. The number of piperazine rings is 1. The van der Waals surface area contributed by atoms with Crippen molar-refractivity contribution in [3.8, 4) is 18.2 Å². The van der Waals surface area contributed by atoms with E-state index in [-0.39, 0.29) is 17.2 Å². The first kappa shape index (κ1) is 20.5. The molecule has 148 valence electrons. The molecule has 0 aliphatic carbocycles. The van der Waals surface area contributed by atoms with Crippen LogP contribution in [0.15, 0.2) is 59.8 Å². The monoisotopic (exact) mass is 396 g/mol. The number of carbonyl (C=O) groups is 1. The molecule has 0 spiro atoms. The number of hydrogen-bond acceptors (Lipinski definition) is 6. The number of anilines is 2. The molecule has 30 heavy (non-hydrogen) atoms. The second-order valence-corrected chi connectivity index (χ2v) is 6.85. The second-order valence-electron chi connectivity index (χ2n) is 6.85. The molecule has 1 N–H and O–H groups in total. The normalized spacial score (nSPS) is 12.9. The maximum Gasteiger partial charge on any atom is 0.254 e. The van der Waals surface area contributed by atoms with Crippen molar-refractivity contribution in [2.24, 2.45) is 0 Å². The zero-order chi connectivity index (χ0) is 21.5. The van der Waals surface area contributed by atoms with Crippen LogP contribution in [0.4, 0.5) is 11.4 Å². The van der Waals surface area contributed by atoms with Crippen LogP contribution in [0.3, 0.4) is 0 Å². The minimum absolute atomic E-state index is 0.0638. The lowest BCUT2D eigenvalue weighted by Gasteiger charge is -2.36. The largest absolute Gasteiger partial charge is 0.368 e. The van der Waals surface area contributed by atoms with Crippen LogP contribution in [0.2, 0.25) is 0 Å². The van der Waals surface area contributed by atoms with Gasteiger partial charge in [-0.25, -0.2) is 0 Å². The van der Waals surface area contributed by atoms with E-state index < -0.39 is 0 Å². The number of amides is 1. The van der Waals surface area contributed by atoms with Gasteiger partial charge < -0.3 is 15.1 Å². The molecule has 1 heterocycles. The lowest BCUT2D eigenvalue weighted by Crippen LogP contribution is -2.48. The van der Waals surface area contributed by atoms with Crippen LogP contribution >= 0.6 is 0 Å². The number of rotatable bonds is 4. The first-order valence-electron chi connectivity index (χ1n) is 9.49. The van der Waals surface area contributed by atoms with E-state index in [2.05, 4.69) is 10.2 Å². The van der Waals surface area contributed by atoms with Crippen molar-refractivity contribution in [2.45, 2.75) is 6.92 Å². The highest BCUT2D eigenvalue weighted by Crippen LogP contribution is 2.22. The summed E-state index contributed by atoms with van der Waals surface area (Å²) in [7, 11) is 0. The topological polar surface area (TPSA) is 107 Å². The van der Waals surface area contributed by atoms with Crippen molar-refractivity contribution in [2.75, 3.05) is 36.4 Å². The average molecular weight is 396 g/mol. The molecule has 0 radical (unpaired) electrons. The molecular weight excluding hydrogens is 376 g/mol. The summed E-state index contributed by atoms with van der Waals surface area (Å²) in [6, 6.07) is 20.3. The molecule has 0 atom stereocenters. The average Bonchev–Trinajstić information content (AvgIpc) is 2.79. The Morgan fingerprint density at radius 3 is 2.10 bits per heavy atom. The van der Waals surface area contributed by atoms with E-state index in [4.69, 9.17) is 15.8 Å². The molecule has 1 aliphatic heterocycles. The summed E-state index contributed by atoms with van der Waals surface area (Å²) in [5.74, 6) is 0.0638. The number of carbonyl (C=O) groups excluding carboxylic acids is 1. The van der Waals surface area contributed by atoms with Crippen LogP contribution in [-0.2, 0) is 0 Å². The van der Waals surface area contributed by atoms with Crippen molar-refractivity contribution in [3.63, 3.8) is 0 Å². The van der Waals surface area contributed by atoms with E-state index in [0.717, 1.165) is 29.9 Å². The molecule has 0 aromatic heterocycles. The third kappa shape index (κ3) is 4.41. The number of aryl methyl sites for hydroxylation is 1. The first-order chi connectivity index (χ1) is 14.6. The highest BCUT2D eigenvalue weighted by atomic mass is 16.2. The SMILES string of the molecule is Cc1ccccc1C(=O)N1CCN(c2ccc(NC(C#N)=C(C#N)C#N)cc2)CC1. The highest BCUT2D eigenvalue weighted by molar-refractivity contribution is 5.95. The van der Waals surface area contributed by atoms with Gasteiger partial charge in [-0.05, 0) is 42.8 Å². The van der Waals surface area contributed by atoms with Gasteiger partial charge in [-0.3, -0.25) is 4.79 Å². The van der Waals surface area contributed by atoms with Crippen LogP contribution in [-0.4, -0.2) is 37.0 Å². The summed E-state index contributed by atoms with van der Waals surface area (Å²) < 4.78 is 0. The molecule has 1 saturated heterocycles. The predicted molar refractivity (Wildman–Crippen MR) is 113 cm³/mol. The van der Waals surface area contributed by atoms with Gasteiger partial charge in [0.25, 0.3) is 5.91 Å². The van der Waals surface area contributed by atoms with E-state index in [1.165, 1.54) is 0 Å². The van der Waals surface area contributed by atoms with E-state index in [9.17, 15) is 4.79 Å². The Hall–Kier alpha value is -4.28. The summed E-state index contributed by atoms with van der Waals surface area (Å²) in [6.07, 6.45) is 0. The molecule has 3 rings (SSSR count). The third-order valence-corrected chi connectivity index (χ3v) is 5.03. The minimum atomic E-state index is -0.254. The summed E-state index contributed by atoms with van der Waals surface area (Å²) in [4.78, 5) is 16.8. The van der Waals surface area contributed by atoms with Crippen molar-refractivity contribution < 1.29 is 4.79 Å². The molecular formula is C23H20N6O. The zero-order valence-corrected chi connectivity index (χ0v) is 16.6. The third-order valence-electron chi connectivity index (χ3n) is 5.03.